The van der Waals surface area contributed by atoms with Crippen LogP contribution in [0.5, 0.6) is 0 Å². The van der Waals surface area contributed by atoms with Gasteiger partial charge in [0.2, 0.25) is 0 Å². The molecule has 0 bridgehead atoms. The molecule has 0 saturated carbocycles. The maximum absolute atomic E-state index is 12.1. The number of nitrogens with zero attached hydrogens (tertiary/aromatic N) is 1. The molecule has 1 amide bonds. The molecule has 0 aliphatic heterocycles. The van der Waals surface area contributed by atoms with Crippen LogP contribution in [0.25, 0.3) is 0 Å². The third kappa shape index (κ3) is 3.84. The zero-order valence-electron chi connectivity index (χ0n) is 10.5. The largest absolute Gasteiger partial charge is 0.392 e. The van der Waals surface area contributed by atoms with Crippen molar-refractivity contribution in [3.05, 3.63) is 35.4 Å². The second-order valence-corrected chi connectivity index (χ2v) is 4.12. The average molecular weight is 237 g/mol. The van der Waals surface area contributed by atoms with Crippen molar-refractivity contribution in [1.29, 1.82) is 0 Å². The van der Waals surface area contributed by atoms with Crippen LogP contribution in [-0.4, -0.2) is 42.7 Å². The first-order valence-corrected chi connectivity index (χ1v) is 5.56. The molecule has 17 heavy (non-hydrogen) atoms. The summed E-state index contributed by atoms with van der Waals surface area (Å²) in [4.78, 5) is 13.6. The summed E-state index contributed by atoms with van der Waals surface area (Å²) in [7, 11) is 3.28. The normalized spacial score (nSPS) is 12.2. The molecule has 0 aromatic heterocycles. The molecule has 0 aliphatic carbocycles. The van der Waals surface area contributed by atoms with Gasteiger partial charge in [0.05, 0.1) is 12.7 Å². The number of carbonyl (C=O) groups excluding carboxylic acids is 1. The summed E-state index contributed by atoms with van der Waals surface area (Å²) in [5.74, 6) is -0.0986. The Morgan fingerprint density at radius 3 is 2.71 bits per heavy atom. The number of aliphatic hydroxyl groups is 1. The second-order valence-electron chi connectivity index (χ2n) is 4.12. The lowest BCUT2D eigenvalue weighted by atomic mass is 10.1. The average Bonchev–Trinajstić information content (AvgIpc) is 2.28. The van der Waals surface area contributed by atoms with Crippen molar-refractivity contribution in [3.8, 4) is 0 Å². The predicted molar refractivity (Wildman–Crippen MR) is 65.8 cm³/mol. The van der Waals surface area contributed by atoms with Gasteiger partial charge >= 0.3 is 0 Å². The first-order chi connectivity index (χ1) is 8.06. The zero-order chi connectivity index (χ0) is 12.8. The summed E-state index contributed by atoms with van der Waals surface area (Å²) >= 11 is 0. The molecule has 94 valence electrons. The summed E-state index contributed by atoms with van der Waals surface area (Å²) in [5, 5.41) is 9.27. The lowest BCUT2D eigenvalue weighted by molar-refractivity contribution is 0.0699. The van der Waals surface area contributed by atoms with Gasteiger partial charge in [-0.3, -0.25) is 4.79 Å². The van der Waals surface area contributed by atoms with Gasteiger partial charge in [0, 0.05) is 26.3 Å². The Balaban J connectivity index is 2.87. The Morgan fingerprint density at radius 2 is 2.12 bits per heavy atom. The van der Waals surface area contributed by atoms with E-state index in [9.17, 15) is 9.90 Å². The van der Waals surface area contributed by atoms with E-state index in [1.165, 1.54) is 4.90 Å². The number of hydrogen-bond acceptors (Lipinski definition) is 3. The molecule has 0 saturated heterocycles. The van der Waals surface area contributed by atoms with Crippen molar-refractivity contribution in [2.24, 2.45) is 0 Å². The third-order valence-electron chi connectivity index (χ3n) is 2.43. The van der Waals surface area contributed by atoms with Crippen molar-refractivity contribution in [2.45, 2.75) is 19.6 Å². The van der Waals surface area contributed by atoms with E-state index in [0.29, 0.717) is 18.7 Å². The van der Waals surface area contributed by atoms with Gasteiger partial charge in [-0.05, 0) is 18.6 Å². The highest BCUT2D eigenvalue weighted by Crippen LogP contribution is 2.12. The van der Waals surface area contributed by atoms with Gasteiger partial charge in [0.15, 0.2) is 0 Å². The quantitative estimate of drug-likeness (QED) is 0.839. The number of carbonyl (C=O) groups is 1. The molecule has 1 N–H and O–H groups in total. The molecule has 1 atom stereocenters. The fourth-order valence-corrected chi connectivity index (χ4v) is 1.70. The molecule has 1 rings (SSSR count). The number of benzene rings is 1. The van der Waals surface area contributed by atoms with Crippen molar-refractivity contribution in [3.63, 3.8) is 0 Å². The summed E-state index contributed by atoms with van der Waals surface area (Å²) in [6.45, 7) is 2.38. The minimum atomic E-state index is -0.529. The van der Waals surface area contributed by atoms with Crippen molar-refractivity contribution >= 4 is 5.91 Å². The lowest BCUT2D eigenvalue weighted by Crippen LogP contribution is -2.33. The number of methoxy groups -OCH3 is 1. The van der Waals surface area contributed by atoms with Crippen molar-refractivity contribution < 1.29 is 14.6 Å². The van der Waals surface area contributed by atoms with Gasteiger partial charge < -0.3 is 14.7 Å². The van der Waals surface area contributed by atoms with Crippen LogP contribution in [0.4, 0.5) is 0 Å². The van der Waals surface area contributed by atoms with E-state index in [2.05, 4.69) is 0 Å². The topological polar surface area (TPSA) is 49.8 Å². The standard InChI is InChI=1S/C13H19NO3/c1-10(15)8-14(2)13(16)12-7-5-4-6-11(12)9-17-3/h4-7,10,15H,8-9H2,1-3H3. The minimum Gasteiger partial charge on any atom is -0.392 e. The number of hydrogen-bond donors (Lipinski definition) is 1. The van der Waals surface area contributed by atoms with Crippen LogP contribution in [0.2, 0.25) is 0 Å². The van der Waals surface area contributed by atoms with E-state index < -0.39 is 6.10 Å². The van der Waals surface area contributed by atoms with E-state index in [4.69, 9.17) is 4.74 Å². The molecule has 4 nitrogen and oxygen atoms in total. The Labute approximate surface area is 102 Å². The van der Waals surface area contributed by atoms with Crippen molar-refractivity contribution in [2.75, 3.05) is 20.7 Å². The SMILES string of the molecule is COCc1ccccc1C(=O)N(C)CC(C)O. The van der Waals surface area contributed by atoms with E-state index in [1.54, 1.807) is 27.1 Å². The zero-order valence-corrected chi connectivity index (χ0v) is 10.5. The molecule has 1 aromatic carbocycles. The van der Waals surface area contributed by atoms with Crippen LogP contribution in [0.15, 0.2) is 24.3 Å². The number of likely N-dealkylation sites (N-methyl/N-ethyl adjacent to an activating group) is 1. The maximum atomic E-state index is 12.1. The van der Waals surface area contributed by atoms with E-state index in [-0.39, 0.29) is 5.91 Å². The van der Waals surface area contributed by atoms with Crippen LogP contribution in [-0.2, 0) is 11.3 Å². The molecule has 0 radical (unpaired) electrons. The van der Waals surface area contributed by atoms with Crippen LogP contribution < -0.4 is 0 Å². The van der Waals surface area contributed by atoms with Crippen LogP contribution in [0.1, 0.15) is 22.8 Å². The summed E-state index contributed by atoms with van der Waals surface area (Å²) in [6, 6.07) is 7.34. The highest BCUT2D eigenvalue weighted by Gasteiger charge is 2.16. The van der Waals surface area contributed by atoms with Crippen molar-refractivity contribution in [1.82, 2.24) is 4.90 Å². The fourth-order valence-electron chi connectivity index (χ4n) is 1.70. The summed E-state index contributed by atoms with van der Waals surface area (Å²) in [6.07, 6.45) is -0.529. The Kier molecular flexibility index (Phi) is 5.12. The number of rotatable bonds is 5. The van der Waals surface area contributed by atoms with Gasteiger partial charge in [-0.2, -0.15) is 0 Å². The minimum absolute atomic E-state index is 0.0986. The van der Waals surface area contributed by atoms with Gasteiger partial charge in [0.25, 0.3) is 5.91 Å². The molecular weight excluding hydrogens is 218 g/mol. The molecule has 4 heteroatoms. The summed E-state index contributed by atoms with van der Waals surface area (Å²) in [5.41, 5.74) is 1.48. The highest BCUT2D eigenvalue weighted by atomic mass is 16.5. The molecule has 0 spiro atoms. The smallest absolute Gasteiger partial charge is 0.254 e. The predicted octanol–water partition coefficient (Wildman–Crippen LogP) is 1.29. The molecule has 0 fully saturated rings. The number of aliphatic hydroxyl groups excluding tert-OH is 1. The van der Waals surface area contributed by atoms with Crippen LogP contribution in [0.3, 0.4) is 0 Å². The fraction of sp³-hybridized carbons (Fsp3) is 0.462. The Morgan fingerprint density at radius 1 is 1.47 bits per heavy atom. The van der Waals surface area contributed by atoms with E-state index >= 15 is 0 Å². The first-order valence-electron chi connectivity index (χ1n) is 5.56. The number of ether oxygens (including phenoxy) is 1. The molecule has 1 aromatic rings. The van der Waals surface area contributed by atoms with Crippen LogP contribution in [0, 0.1) is 0 Å². The molecular formula is C13H19NO3. The highest BCUT2D eigenvalue weighted by molar-refractivity contribution is 5.95. The Hall–Kier alpha value is -1.39. The number of amides is 1. The molecule has 1 unspecified atom stereocenters. The van der Waals surface area contributed by atoms with E-state index in [1.807, 2.05) is 18.2 Å². The Bertz CT molecular complexity index is 377. The van der Waals surface area contributed by atoms with Crippen LogP contribution >= 0.6 is 0 Å². The lowest BCUT2D eigenvalue weighted by Gasteiger charge is -2.20. The summed E-state index contributed by atoms with van der Waals surface area (Å²) < 4.78 is 5.06. The van der Waals surface area contributed by atoms with Gasteiger partial charge in [-0.1, -0.05) is 18.2 Å². The molecule has 0 heterocycles. The third-order valence-corrected chi connectivity index (χ3v) is 2.43. The van der Waals surface area contributed by atoms with Gasteiger partial charge in [-0.25, -0.2) is 0 Å². The van der Waals surface area contributed by atoms with Gasteiger partial charge in [0.1, 0.15) is 0 Å². The maximum Gasteiger partial charge on any atom is 0.254 e. The van der Waals surface area contributed by atoms with E-state index in [0.717, 1.165) is 5.56 Å². The monoisotopic (exact) mass is 237 g/mol. The first kappa shape index (κ1) is 13.7. The van der Waals surface area contributed by atoms with Gasteiger partial charge in [-0.15, -0.1) is 0 Å². The molecule has 0 aliphatic rings. The second kappa shape index (κ2) is 6.37.